The first kappa shape index (κ1) is 17.8. The summed E-state index contributed by atoms with van der Waals surface area (Å²) in [6, 6.07) is 0.262. The second kappa shape index (κ2) is 7.47. The van der Waals surface area contributed by atoms with Crippen LogP contribution in [0.3, 0.4) is 0 Å². The van der Waals surface area contributed by atoms with Crippen molar-refractivity contribution in [2.24, 2.45) is 0 Å². The minimum absolute atomic E-state index is 0.103. The molecule has 2 saturated heterocycles. The zero-order valence-electron chi connectivity index (χ0n) is 13.9. The molecule has 2 N–H and O–H groups in total. The molecule has 0 aromatic rings. The van der Waals surface area contributed by atoms with Crippen molar-refractivity contribution in [2.75, 3.05) is 12.3 Å². The minimum Gasteiger partial charge on any atom is -0.420 e. The van der Waals surface area contributed by atoms with Gasteiger partial charge in [-0.15, -0.1) is 0 Å². The molecule has 2 fully saturated rings. The van der Waals surface area contributed by atoms with E-state index in [1.54, 1.807) is 6.92 Å². The summed E-state index contributed by atoms with van der Waals surface area (Å²) >= 11 is 1.83. The number of rotatable bonds is 7. The lowest BCUT2D eigenvalue weighted by Gasteiger charge is -2.16. The first-order chi connectivity index (χ1) is 12.0. The number of nitrogens with one attached hydrogen (secondary N) is 2. The molecule has 136 valence electrons. The van der Waals surface area contributed by atoms with Crippen molar-refractivity contribution < 1.29 is 23.9 Å². The normalized spacial score (nSPS) is 27.9. The van der Waals surface area contributed by atoms with Gasteiger partial charge in [0.1, 0.15) is 0 Å². The number of imide groups is 1. The number of ether oxygens (including phenoxy) is 1. The van der Waals surface area contributed by atoms with E-state index in [1.807, 2.05) is 11.8 Å². The van der Waals surface area contributed by atoms with Crippen molar-refractivity contribution in [2.45, 2.75) is 49.9 Å². The van der Waals surface area contributed by atoms with Crippen molar-refractivity contribution in [1.82, 2.24) is 15.5 Å². The Hall–Kier alpha value is -2.03. The number of hydrogen-bond donors (Lipinski definition) is 2. The standard InChI is InChI=1S/C16H21N3O5S/c1-2-19-12(20)7-10(15(19)22)24-13(21)6-4-3-5-11-14-9(8-25-11)17-16(23)18-14/h7,9,11,14H,2-6,8H2,1H3,(H2,17,18,23)/t9-,11-,14-/m1/s1. The number of esters is 1. The zero-order chi connectivity index (χ0) is 18.0. The molecule has 4 amide bonds. The number of hydrogen-bond acceptors (Lipinski definition) is 6. The van der Waals surface area contributed by atoms with Crippen LogP contribution in [-0.4, -0.2) is 58.3 Å². The zero-order valence-corrected chi connectivity index (χ0v) is 14.8. The predicted molar refractivity (Wildman–Crippen MR) is 90.5 cm³/mol. The molecule has 0 saturated carbocycles. The quantitative estimate of drug-likeness (QED) is 0.294. The van der Waals surface area contributed by atoms with Crippen LogP contribution in [-0.2, 0) is 19.1 Å². The summed E-state index contributed by atoms with van der Waals surface area (Å²) in [4.78, 5) is 47.6. The van der Waals surface area contributed by atoms with E-state index in [0.717, 1.165) is 29.6 Å². The van der Waals surface area contributed by atoms with E-state index in [9.17, 15) is 19.2 Å². The van der Waals surface area contributed by atoms with E-state index in [4.69, 9.17) is 4.74 Å². The van der Waals surface area contributed by atoms with Gasteiger partial charge in [-0.3, -0.25) is 19.3 Å². The van der Waals surface area contributed by atoms with Crippen LogP contribution >= 0.6 is 11.8 Å². The fourth-order valence-corrected chi connectivity index (χ4v) is 4.83. The molecule has 3 aliphatic rings. The van der Waals surface area contributed by atoms with E-state index < -0.39 is 17.8 Å². The predicted octanol–water partition coefficient (Wildman–Crippen LogP) is 0.528. The third kappa shape index (κ3) is 3.81. The van der Waals surface area contributed by atoms with E-state index in [0.29, 0.717) is 11.7 Å². The molecule has 0 aromatic heterocycles. The van der Waals surface area contributed by atoms with Crippen LogP contribution in [0.2, 0.25) is 0 Å². The van der Waals surface area contributed by atoms with Gasteiger partial charge in [0.05, 0.1) is 18.2 Å². The summed E-state index contributed by atoms with van der Waals surface area (Å²) in [5, 5.41) is 6.19. The molecule has 0 spiro atoms. The fraction of sp³-hybridized carbons (Fsp3) is 0.625. The van der Waals surface area contributed by atoms with E-state index in [-0.39, 0.29) is 36.8 Å². The van der Waals surface area contributed by atoms with Gasteiger partial charge in [-0.2, -0.15) is 11.8 Å². The highest BCUT2D eigenvalue weighted by Gasteiger charge is 2.42. The Balaban J connectivity index is 1.36. The van der Waals surface area contributed by atoms with Crippen LogP contribution in [0.4, 0.5) is 4.79 Å². The van der Waals surface area contributed by atoms with Crippen LogP contribution in [0.1, 0.15) is 32.6 Å². The van der Waals surface area contributed by atoms with Gasteiger partial charge < -0.3 is 15.4 Å². The monoisotopic (exact) mass is 367 g/mol. The fourth-order valence-electron chi connectivity index (χ4n) is 3.29. The smallest absolute Gasteiger partial charge is 0.315 e. The van der Waals surface area contributed by atoms with Crippen molar-refractivity contribution in [3.63, 3.8) is 0 Å². The first-order valence-electron chi connectivity index (χ1n) is 8.46. The number of carbonyl (C=O) groups excluding carboxylic acids is 4. The molecule has 3 heterocycles. The van der Waals surface area contributed by atoms with Gasteiger partial charge in [0.2, 0.25) is 5.76 Å². The van der Waals surface area contributed by atoms with Gasteiger partial charge in [-0.25, -0.2) is 4.79 Å². The number of urea groups is 1. The summed E-state index contributed by atoms with van der Waals surface area (Å²) in [6.45, 7) is 1.93. The number of likely N-dealkylation sites (N-methyl/N-ethyl adjacent to an activating group) is 1. The number of thioether (sulfide) groups is 1. The summed E-state index contributed by atoms with van der Waals surface area (Å²) in [5.41, 5.74) is 0. The summed E-state index contributed by atoms with van der Waals surface area (Å²) in [7, 11) is 0. The Morgan fingerprint density at radius 3 is 2.84 bits per heavy atom. The van der Waals surface area contributed by atoms with Crippen LogP contribution in [0.25, 0.3) is 0 Å². The number of carbonyl (C=O) groups is 4. The third-order valence-corrected chi connectivity index (χ3v) is 6.08. The van der Waals surface area contributed by atoms with Crippen molar-refractivity contribution >= 4 is 35.6 Å². The molecule has 0 aromatic carbocycles. The highest BCUT2D eigenvalue weighted by atomic mass is 32.2. The molecular weight excluding hydrogens is 346 g/mol. The molecule has 0 radical (unpaired) electrons. The summed E-state index contributed by atoms with van der Waals surface area (Å²) in [6.07, 6.45) is 3.64. The minimum atomic E-state index is -0.557. The number of amides is 4. The van der Waals surface area contributed by atoms with Gasteiger partial charge in [0.25, 0.3) is 11.8 Å². The lowest BCUT2D eigenvalue weighted by Crippen LogP contribution is -2.36. The molecule has 3 atom stereocenters. The highest BCUT2D eigenvalue weighted by molar-refractivity contribution is 8.00. The molecular formula is C16H21N3O5S. The lowest BCUT2D eigenvalue weighted by molar-refractivity contribution is -0.146. The van der Waals surface area contributed by atoms with Crippen LogP contribution < -0.4 is 10.6 Å². The maximum Gasteiger partial charge on any atom is 0.315 e. The van der Waals surface area contributed by atoms with E-state index in [2.05, 4.69) is 10.6 Å². The molecule has 25 heavy (non-hydrogen) atoms. The second-order valence-electron chi connectivity index (χ2n) is 6.24. The molecule has 8 nitrogen and oxygen atoms in total. The lowest BCUT2D eigenvalue weighted by atomic mass is 10.0. The maximum atomic E-state index is 11.9. The van der Waals surface area contributed by atoms with Crippen molar-refractivity contribution in [3.05, 3.63) is 11.8 Å². The Kier molecular flexibility index (Phi) is 5.31. The molecule has 0 unspecified atom stereocenters. The molecule has 0 bridgehead atoms. The average molecular weight is 367 g/mol. The maximum absolute atomic E-state index is 11.9. The number of unbranched alkanes of at least 4 members (excludes halogenated alkanes) is 1. The van der Waals surface area contributed by atoms with Gasteiger partial charge in [-0.1, -0.05) is 6.42 Å². The number of nitrogens with zero attached hydrogens (tertiary/aromatic N) is 1. The number of fused-ring (bicyclic) bond motifs is 1. The Morgan fingerprint density at radius 1 is 1.32 bits per heavy atom. The average Bonchev–Trinajstić information content (AvgIpc) is 3.18. The topological polar surface area (TPSA) is 105 Å². The Morgan fingerprint density at radius 2 is 2.12 bits per heavy atom. The largest absolute Gasteiger partial charge is 0.420 e. The Bertz CT molecular complexity index is 635. The first-order valence-corrected chi connectivity index (χ1v) is 9.51. The molecule has 9 heteroatoms. The summed E-state index contributed by atoms with van der Waals surface area (Å²) < 4.78 is 5.02. The van der Waals surface area contributed by atoms with Gasteiger partial charge in [-0.05, 0) is 19.8 Å². The van der Waals surface area contributed by atoms with Gasteiger partial charge in [0.15, 0.2) is 0 Å². The summed E-state index contributed by atoms with van der Waals surface area (Å²) in [5.74, 6) is -0.785. The van der Waals surface area contributed by atoms with E-state index in [1.165, 1.54) is 0 Å². The molecule has 3 rings (SSSR count). The van der Waals surface area contributed by atoms with Gasteiger partial charge >= 0.3 is 12.0 Å². The third-order valence-electron chi connectivity index (χ3n) is 4.57. The van der Waals surface area contributed by atoms with Crippen molar-refractivity contribution in [1.29, 1.82) is 0 Å². The SMILES string of the molecule is CCN1C(=O)C=C(OC(=O)CCCC[C@H]2SC[C@H]3NC(=O)N[C@H]32)C1=O. The Labute approximate surface area is 149 Å². The molecule has 3 aliphatic heterocycles. The highest BCUT2D eigenvalue weighted by Crippen LogP contribution is 2.33. The van der Waals surface area contributed by atoms with Crippen molar-refractivity contribution in [3.8, 4) is 0 Å². The van der Waals surface area contributed by atoms with Gasteiger partial charge in [0, 0.05) is 24.0 Å². The second-order valence-corrected chi connectivity index (χ2v) is 7.51. The van der Waals surface area contributed by atoms with Crippen LogP contribution in [0.5, 0.6) is 0 Å². The van der Waals surface area contributed by atoms with E-state index >= 15 is 0 Å². The van der Waals surface area contributed by atoms with Crippen LogP contribution in [0, 0.1) is 0 Å². The molecule has 0 aliphatic carbocycles. The van der Waals surface area contributed by atoms with Crippen LogP contribution in [0.15, 0.2) is 11.8 Å².